The topological polar surface area (TPSA) is 58.2 Å². The van der Waals surface area contributed by atoms with Crippen molar-refractivity contribution in [1.82, 2.24) is 10.6 Å². The number of nitrogens with one attached hydrogen (secondary N) is 2. The van der Waals surface area contributed by atoms with Crippen LogP contribution in [0.1, 0.15) is 28.1 Å². The minimum absolute atomic E-state index is 0.00818. The second-order valence-electron chi connectivity index (χ2n) is 5.58. The summed E-state index contributed by atoms with van der Waals surface area (Å²) in [5.41, 5.74) is 0.695. The van der Waals surface area contributed by atoms with Crippen LogP contribution in [0.25, 0.3) is 0 Å². The molecule has 0 aliphatic heterocycles. The van der Waals surface area contributed by atoms with E-state index in [0.717, 1.165) is 12.8 Å². The smallest absolute Gasteiger partial charge is 0.251 e. The summed E-state index contributed by atoms with van der Waals surface area (Å²) in [7, 11) is 0. The average molecular weight is 314 g/mol. The molecule has 0 unspecified atom stereocenters. The predicted molar refractivity (Wildman–Crippen MR) is 87.0 cm³/mol. The largest absolute Gasteiger partial charge is 0.354 e. The zero-order valence-corrected chi connectivity index (χ0v) is 13.0. The van der Waals surface area contributed by atoms with Crippen molar-refractivity contribution in [2.75, 3.05) is 13.1 Å². The van der Waals surface area contributed by atoms with Crippen molar-refractivity contribution in [1.29, 1.82) is 0 Å². The fraction of sp³-hybridized carbons (Fsp3) is 0.294. The van der Waals surface area contributed by atoms with Crippen LogP contribution in [0.2, 0.25) is 0 Å². The lowest BCUT2D eigenvalue weighted by Crippen LogP contribution is -2.40. The van der Waals surface area contributed by atoms with Gasteiger partial charge in [-0.1, -0.05) is 24.3 Å². The molecule has 1 fully saturated rings. The Labute approximate surface area is 133 Å². The SMILES string of the molecule is O=C(CNC(=O)c1ccccc1)NCC1(c2cccs2)CC1. The van der Waals surface area contributed by atoms with Gasteiger partial charge in [0.25, 0.3) is 5.91 Å². The van der Waals surface area contributed by atoms with Gasteiger partial charge in [0.05, 0.1) is 6.54 Å². The first kappa shape index (κ1) is 14.8. The van der Waals surface area contributed by atoms with Gasteiger partial charge < -0.3 is 10.6 Å². The molecule has 0 bridgehead atoms. The monoisotopic (exact) mass is 314 g/mol. The third-order valence-electron chi connectivity index (χ3n) is 3.97. The lowest BCUT2D eigenvalue weighted by atomic mass is 10.1. The molecule has 4 nitrogen and oxygen atoms in total. The minimum atomic E-state index is -0.227. The van der Waals surface area contributed by atoms with E-state index in [4.69, 9.17) is 0 Å². The molecule has 1 aliphatic rings. The molecule has 0 spiro atoms. The van der Waals surface area contributed by atoms with Gasteiger partial charge in [-0.05, 0) is 36.4 Å². The molecule has 2 amide bonds. The Hall–Kier alpha value is -2.14. The maximum atomic E-state index is 11.9. The third kappa shape index (κ3) is 3.36. The molecular formula is C17H18N2O2S. The number of carbonyl (C=O) groups is 2. The van der Waals surface area contributed by atoms with Crippen LogP contribution in [0, 0.1) is 0 Å². The Kier molecular flexibility index (Phi) is 4.24. The summed E-state index contributed by atoms with van der Waals surface area (Å²) in [6.07, 6.45) is 2.23. The van der Waals surface area contributed by atoms with E-state index in [-0.39, 0.29) is 23.8 Å². The molecule has 3 rings (SSSR count). The minimum Gasteiger partial charge on any atom is -0.354 e. The zero-order valence-electron chi connectivity index (χ0n) is 12.2. The number of rotatable bonds is 6. The first-order chi connectivity index (χ1) is 10.7. The first-order valence-electron chi connectivity index (χ1n) is 7.34. The number of hydrogen-bond donors (Lipinski definition) is 2. The highest BCUT2D eigenvalue weighted by Gasteiger charge is 2.45. The summed E-state index contributed by atoms with van der Waals surface area (Å²) in [4.78, 5) is 25.1. The number of carbonyl (C=O) groups excluding carboxylic acids is 2. The third-order valence-corrected chi connectivity index (χ3v) is 5.08. The summed E-state index contributed by atoms with van der Waals surface area (Å²) in [6.45, 7) is 0.655. The Morgan fingerprint density at radius 2 is 1.82 bits per heavy atom. The number of thiophene rings is 1. The van der Waals surface area contributed by atoms with Gasteiger partial charge in [-0.3, -0.25) is 9.59 Å². The Bertz CT molecular complexity index is 649. The lowest BCUT2D eigenvalue weighted by molar-refractivity contribution is -0.120. The van der Waals surface area contributed by atoms with Crippen LogP contribution in [0.3, 0.4) is 0 Å². The zero-order chi connectivity index (χ0) is 15.4. The molecular weight excluding hydrogens is 296 g/mol. The van der Waals surface area contributed by atoms with E-state index in [9.17, 15) is 9.59 Å². The molecule has 114 valence electrons. The maximum Gasteiger partial charge on any atom is 0.251 e. The van der Waals surface area contributed by atoms with E-state index in [2.05, 4.69) is 22.1 Å². The van der Waals surface area contributed by atoms with Crippen molar-refractivity contribution in [3.8, 4) is 0 Å². The second kappa shape index (κ2) is 6.32. The van der Waals surface area contributed by atoms with Crippen molar-refractivity contribution in [3.05, 3.63) is 58.3 Å². The Morgan fingerprint density at radius 1 is 1.05 bits per heavy atom. The van der Waals surface area contributed by atoms with E-state index in [0.29, 0.717) is 12.1 Å². The molecule has 2 N–H and O–H groups in total. The van der Waals surface area contributed by atoms with Gasteiger partial charge >= 0.3 is 0 Å². The molecule has 22 heavy (non-hydrogen) atoms. The van der Waals surface area contributed by atoms with Crippen LogP contribution in [0.4, 0.5) is 0 Å². The van der Waals surface area contributed by atoms with Crippen LogP contribution in [0.5, 0.6) is 0 Å². The van der Waals surface area contributed by atoms with Gasteiger partial charge in [-0.2, -0.15) is 0 Å². The highest BCUT2D eigenvalue weighted by Crippen LogP contribution is 2.49. The Morgan fingerprint density at radius 3 is 2.45 bits per heavy atom. The number of benzene rings is 1. The normalized spacial score (nSPS) is 15.1. The quantitative estimate of drug-likeness (QED) is 0.860. The molecule has 1 aromatic heterocycles. The van der Waals surface area contributed by atoms with Crippen LogP contribution >= 0.6 is 11.3 Å². The molecule has 1 heterocycles. The van der Waals surface area contributed by atoms with Crippen LogP contribution in [-0.4, -0.2) is 24.9 Å². The highest BCUT2D eigenvalue weighted by atomic mass is 32.1. The molecule has 0 radical (unpaired) electrons. The lowest BCUT2D eigenvalue weighted by Gasteiger charge is -2.14. The summed E-state index contributed by atoms with van der Waals surface area (Å²) < 4.78 is 0. The van der Waals surface area contributed by atoms with Crippen molar-refractivity contribution >= 4 is 23.2 Å². The van der Waals surface area contributed by atoms with E-state index in [1.165, 1.54) is 4.88 Å². The summed E-state index contributed by atoms with van der Waals surface area (Å²) >= 11 is 1.74. The Balaban J connectivity index is 1.45. The summed E-state index contributed by atoms with van der Waals surface area (Å²) in [5.74, 6) is -0.373. The van der Waals surface area contributed by atoms with Crippen molar-refractivity contribution in [3.63, 3.8) is 0 Å². The first-order valence-corrected chi connectivity index (χ1v) is 8.22. The summed E-state index contributed by atoms with van der Waals surface area (Å²) in [5, 5.41) is 7.64. The second-order valence-corrected chi connectivity index (χ2v) is 6.53. The van der Waals surface area contributed by atoms with E-state index < -0.39 is 0 Å². The van der Waals surface area contributed by atoms with Crippen LogP contribution < -0.4 is 10.6 Å². The van der Waals surface area contributed by atoms with E-state index in [1.54, 1.807) is 35.6 Å². The standard InChI is InChI=1S/C17H18N2O2S/c20-15(11-18-16(21)13-5-2-1-3-6-13)19-12-17(8-9-17)14-7-4-10-22-14/h1-7,10H,8-9,11-12H2,(H,18,21)(H,19,20). The maximum absolute atomic E-state index is 11.9. The van der Waals surface area contributed by atoms with Crippen LogP contribution in [0.15, 0.2) is 47.8 Å². The number of amides is 2. The van der Waals surface area contributed by atoms with Gasteiger partial charge in [0.15, 0.2) is 0 Å². The van der Waals surface area contributed by atoms with Gasteiger partial charge in [0.2, 0.25) is 5.91 Å². The fourth-order valence-corrected chi connectivity index (χ4v) is 3.41. The molecule has 0 saturated heterocycles. The molecule has 2 aromatic rings. The van der Waals surface area contributed by atoms with E-state index in [1.807, 2.05) is 12.1 Å². The van der Waals surface area contributed by atoms with Gasteiger partial charge in [0, 0.05) is 22.4 Å². The highest BCUT2D eigenvalue weighted by molar-refractivity contribution is 7.10. The van der Waals surface area contributed by atoms with Crippen molar-refractivity contribution < 1.29 is 9.59 Å². The van der Waals surface area contributed by atoms with Gasteiger partial charge in [0.1, 0.15) is 0 Å². The molecule has 0 atom stereocenters. The number of hydrogen-bond acceptors (Lipinski definition) is 3. The van der Waals surface area contributed by atoms with Gasteiger partial charge in [-0.25, -0.2) is 0 Å². The van der Waals surface area contributed by atoms with Gasteiger partial charge in [-0.15, -0.1) is 11.3 Å². The molecule has 1 saturated carbocycles. The van der Waals surface area contributed by atoms with E-state index >= 15 is 0 Å². The molecule has 5 heteroatoms. The van der Waals surface area contributed by atoms with Crippen molar-refractivity contribution in [2.24, 2.45) is 0 Å². The predicted octanol–water partition coefficient (Wildman–Crippen LogP) is 2.33. The fourth-order valence-electron chi connectivity index (χ4n) is 2.42. The average Bonchev–Trinajstić information content (AvgIpc) is 3.14. The molecule has 1 aromatic carbocycles. The van der Waals surface area contributed by atoms with Crippen molar-refractivity contribution in [2.45, 2.75) is 18.3 Å². The van der Waals surface area contributed by atoms with Crippen LogP contribution in [-0.2, 0) is 10.2 Å². The summed E-state index contributed by atoms with van der Waals surface area (Å²) in [6, 6.07) is 13.1. The molecule has 1 aliphatic carbocycles.